The van der Waals surface area contributed by atoms with Gasteiger partial charge in [-0.05, 0) is 0 Å². The molecule has 0 spiro atoms. The summed E-state index contributed by atoms with van der Waals surface area (Å²) in [6, 6.07) is 9.41. The minimum atomic E-state index is -4.15. The molecule has 0 radical (unpaired) electrons. The Morgan fingerprint density at radius 2 is 0.967 bits per heavy atom. The number of hydrogen-bond donors (Lipinski definition) is 0. The molecule has 0 amide bonds. The number of hydrogen-bond acceptors (Lipinski definition) is 0. The van der Waals surface area contributed by atoms with E-state index in [0.29, 0.717) is 0 Å². The summed E-state index contributed by atoms with van der Waals surface area (Å²) in [5.41, 5.74) is 13.5. The van der Waals surface area contributed by atoms with E-state index in [9.17, 15) is 0 Å². The molecule has 0 aliphatic heterocycles. The summed E-state index contributed by atoms with van der Waals surface area (Å²) in [4.78, 5) is 0. The summed E-state index contributed by atoms with van der Waals surface area (Å²) >= 11 is -4.15. The van der Waals surface area contributed by atoms with E-state index in [1.54, 1.807) is 0 Å². The minimum absolute atomic E-state index is 0.187. The normalized spacial score (nSPS) is 21.8. The molecule has 0 fully saturated rings. The van der Waals surface area contributed by atoms with Gasteiger partial charge in [0, 0.05) is 0 Å². The Morgan fingerprint density at radius 3 is 1.30 bits per heavy atom. The van der Waals surface area contributed by atoms with Crippen molar-refractivity contribution in [3.63, 3.8) is 0 Å². The third-order valence-corrected chi connectivity index (χ3v) is 43.4. The third kappa shape index (κ3) is 3.04. The van der Waals surface area contributed by atoms with Gasteiger partial charge in [0.1, 0.15) is 0 Å². The van der Waals surface area contributed by atoms with E-state index in [0.717, 1.165) is 0 Å². The number of rotatable bonds is 3. The van der Waals surface area contributed by atoms with E-state index < -0.39 is 19.1 Å². The second-order valence-corrected chi connectivity index (χ2v) is 39.4. The number of allylic oxidation sites excluding steroid dienone is 2. The predicted molar refractivity (Wildman–Crippen MR) is 135 cm³/mol. The summed E-state index contributed by atoms with van der Waals surface area (Å²) in [6.07, 6.45) is 4.71. The number of aryl methyl sites for hydroxylation is 4. The van der Waals surface area contributed by atoms with E-state index in [2.05, 4.69) is 91.1 Å². The fraction of sp³-hybridized carbons (Fsp3) is 0.385. The average molecular weight is 492 g/mol. The Labute approximate surface area is 191 Å². The molecule has 0 heterocycles. The first-order valence-electron chi connectivity index (χ1n) is 11.0. The third-order valence-electron chi connectivity index (χ3n) is 7.90. The summed E-state index contributed by atoms with van der Waals surface area (Å²) < 4.78 is 0.374. The molecule has 4 rings (SSSR count). The van der Waals surface area contributed by atoms with Crippen molar-refractivity contribution in [2.45, 2.75) is 63.1 Å². The van der Waals surface area contributed by atoms with Crippen molar-refractivity contribution in [2.24, 2.45) is 0 Å². The van der Waals surface area contributed by atoms with E-state index in [1.807, 2.05) is 0 Å². The van der Waals surface area contributed by atoms with Crippen molar-refractivity contribution in [2.75, 3.05) is 0 Å². The molecule has 2 aromatic rings. The van der Waals surface area contributed by atoms with Gasteiger partial charge in [0.05, 0.1) is 0 Å². The second-order valence-electron chi connectivity index (χ2n) is 10.2. The fourth-order valence-electron chi connectivity index (χ4n) is 5.92. The molecule has 159 valence electrons. The van der Waals surface area contributed by atoms with Crippen molar-refractivity contribution < 1.29 is 12.4 Å². The van der Waals surface area contributed by atoms with Gasteiger partial charge in [-0.1, -0.05) is 0 Å². The molecule has 30 heavy (non-hydrogen) atoms. The quantitative estimate of drug-likeness (QED) is 0.377. The van der Waals surface area contributed by atoms with Gasteiger partial charge in [-0.15, -0.1) is 0 Å². The van der Waals surface area contributed by atoms with E-state index >= 15 is 0 Å². The van der Waals surface area contributed by atoms with Crippen molar-refractivity contribution in [3.05, 3.63) is 79.9 Å². The van der Waals surface area contributed by atoms with Crippen LogP contribution >= 0.6 is 18.6 Å². The molecule has 0 bridgehead atoms. The van der Waals surface area contributed by atoms with Crippen LogP contribution < -0.4 is 0 Å². The molecule has 2 unspecified atom stereocenters. The van der Waals surface area contributed by atoms with Gasteiger partial charge in [-0.25, -0.2) is 0 Å². The zero-order valence-corrected chi connectivity index (χ0v) is 23.7. The Kier molecular flexibility index (Phi) is 5.44. The van der Waals surface area contributed by atoms with E-state index in [-0.39, 0.29) is 8.45 Å². The molecule has 0 saturated carbocycles. The van der Waals surface area contributed by atoms with Crippen LogP contribution in [-0.4, -0.2) is 6.66 Å². The van der Waals surface area contributed by atoms with Crippen LogP contribution in [0.5, 0.6) is 0 Å². The molecular weight excluding hydrogens is 459 g/mol. The van der Waals surface area contributed by atoms with Crippen LogP contribution in [0.25, 0.3) is 12.2 Å². The summed E-state index contributed by atoms with van der Waals surface area (Å²) in [7, 11) is 16.2. The van der Waals surface area contributed by atoms with Gasteiger partial charge in [0.2, 0.25) is 0 Å². The van der Waals surface area contributed by atoms with Crippen molar-refractivity contribution in [1.82, 2.24) is 0 Å². The fourth-order valence-corrected chi connectivity index (χ4v) is 28.1. The molecule has 0 N–H and O–H groups in total. The molecule has 2 aliphatic carbocycles. The molecule has 2 aromatic carbocycles. The van der Waals surface area contributed by atoms with Crippen molar-refractivity contribution in [1.29, 1.82) is 0 Å². The van der Waals surface area contributed by atoms with Gasteiger partial charge < -0.3 is 0 Å². The van der Waals surface area contributed by atoms with Gasteiger partial charge in [0.25, 0.3) is 0 Å². The Balaban J connectivity index is 2.00. The molecule has 4 heteroatoms. The number of halogens is 2. The zero-order chi connectivity index (χ0) is 22.2. The van der Waals surface area contributed by atoms with Crippen LogP contribution in [-0.2, 0) is 12.4 Å². The maximum atomic E-state index is 8.11. The van der Waals surface area contributed by atoms with Gasteiger partial charge in [-0.2, -0.15) is 0 Å². The van der Waals surface area contributed by atoms with Crippen LogP contribution in [0.4, 0.5) is 0 Å². The number of fused-ring (bicyclic) bond motifs is 2. The van der Waals surface area contributed by atoms with E-state index in [4.69, 9.17) is 18.6 Å². The Hall–Kier alpha value is -0.569. The first kappa shape index (κ1) is 22.6. The predicted octanol–water partition coefficient (Wildman–Crippen LogP) is 8.52. The summed E-state index contributed by atoms with van der Waals surface area (Å²) in [6.45, 7) is 16.7. The SMILES string of the molecule is CC1=Cc2cc(C)c(C)cc2[CH]1[Ti]([Cl])([Cl])([CH]1C(C)=Cc2cc(C)c(C)cc21)[SiH](C)C. The van der Waals surface area contributed by atoms with Gasteiger partial charge in [-0.3, -0.25) is 0 Å². The van der Waals surface area contributed by atoms with Crippen LogP contribution in [0.15, 0.2) is 35.4 Å². The van der Waals surface area contributed by atoms with Crippen molar-refractivity contribution in [3.8, 4) is 0 Å². The summed E-state index contributed by atoms with van der Waals surface area (Å²) in [5, 5.41) is 0. The average Bonchev–Trinajstić information content (AvgIpc) is 3.12. The monoisotopic (exact) mass is 491 g/mol. The van der Waals surface area contributed by atoms with Crippen LogP contribution in [0, 0.1) is 27.7 Å². The first-order chi connectivity index (χ1) is 13.9. The standard InChI is InChI=1S/2C12H13.C2H7Si.2ClH.Ti/c2*1-8-4-11-6-9(2)10(3)7-12(11)5-8;1-3-2;;;/h2*4-7H,1-3H3;3H,1-2H3;2*1H;/q;;;;;+2/p-2. The first-order valence-corrected chi connectivity index (χ1v) is 22.7. The number of benzene rings is 2. The van der Waals surface area contributed by atoms with Crippen LogP contribution in [0.1, 0.15) is 66.8 Å². The molecule has 2 atom stereocenters. The molecule has 2 aliphatic rings. The van der Waals surface area contributed by atoms with Crippen LogP contribution in [0.2, 0.25) is 13.1 Å². The van der Waals surface area contributed by atoms with Gasteiger partial charge >= 0.3 is 193 Å². The summed E-state index contributed by atoms with van der Waals surface area (Å²) in [5.74, 6) is 0. The molecule has 0 nitrogen and oxygen atoms in total. The second kappa shape index (κ2) is 7.22. The topological polar surface area (TPSA) is 0 Å². The Morgan fingerprint density at radius 1 is 0.633 bits per heavy atom. The zero-order valence-electron chi connectivity index (χ0n) is 19.5. The Bertz CT molecular complexity index is 1060. The molecule has 0 saturated heterocycles. The van der Waals surface area contributed by atoms with Crippen molar-refractivity contribution >= 4 is 37.4 Å². The van der Waals surface area contributed by atoms with E-state index in [1.165, 1.54) is 55.7 Å². The van der Waals surface area contributed by atoms with Crippen LogP contribution in [0.3, 0.4) is 0 Å². The van der Waals surface area contributed by atoms with Gasteiger partial charge in [0.15, 0.2) is 0 Å². The molecule has 0 aromatic heterocycles. The molecular formula is C26H33Cl2SiTi. The maximum absolute atomic E-state index is 8.11.